The standard InChI is InChI=1S/C19H15N3O3/c23-18(15-8-9-16(19(24)25)21-12-15)22-17(13-5-2-1-3-6-13)14-7-4-10-20-11-14/h1-12,17H,(H,22,23)(H,24,25). The van der Waals surface area contributed by atoms with Gasteiger partial charge in [0.1, 0.15) is 5.69 Å². The van der Waals surface area contributed by atoms with Crippen molar-refractivity contribution in [3.05, 3.63) is 95.6 Å². The molecule has 0 saturated heterocycles. The lowest BCUT2D eigenvalue weighted by atomic mass is 10.00. The van der Waals surface area contributed by atoms with E-state index < -0.39 is 5.97 Å². The van der Waals surface area contributed by atoms with Gasteiger partial charge in [-0.2, -0.15) is 0 Å². The highest BCUT2D eigenvalue weighted by Crippen LogP contribution is 2.21. The van der Waals surface area contributed by atoms with Gasteiger partial charge in [0.05, 0.1) is 11.6 Å². The van der Waals surface area contributed by atoms with Crippen molar-refractivity contribution in [2.24, 2.45) is 0 Å². The number of carboxylic acids is 1. The number of nitrogens with one attached hydrogen (secondary N) is 1. The highest BCUT2D eigenvalue weighted by atomic mass is 16.4. The second-order valence-electron chi connectivity index (χ2n) is 5.34. The maximum atomic E-state index is 12.6. The summed E-state index contributed by atoms with van der Waals surface area (Å²) in [6, 6.07) is 15.6. The molecule has 2 aromatic heterocycles. The second-order valence-corrected chi connectivity index (χ2v) is 5.34. The molecule has 1 amide bonds. The third kappa shape index (κ3) is 3.87. The fourth-order valence-electron chi connectivity index (χ4n) is 2.42. The number of amides is 1. The molecule has 0 fully saturated rings. The summed E-state index contributed by atoms with van der Waals surface area (Å²) in [6.07, 6.45) is 4.62. The van der Waals surface area contributed by atoms with Crippen molar-refractivity contribution in [2.75, 3.05) is 0 Å². The van der Waals surface area contributed by atoms with Gasteiger partial charge in [0.25, 0.3) is 5.91 Å². The number of benzene rings is 1. The summed E-state index contributed by atoms with van der Waals surface area (Å²) in [7, 11) is 0. The van der Waals surface area contributed by atoms with Crippen LogP contribution >= 0.6 is 0 Å². The van der Waals surface area contributed by atoms with Crippen LogP contribution in [-0.2, 0) is 0 Å². The molecule has 0 radical (unpaired) electrons. The monoisotopic (exact) mass is 333 g/mol. The molecule has 0 spiro atoms. The number of pyridine rings is 2. The number of carbonyl (C=O) groups excluding carboxylic acids is 1. The van der Waals surface area contributed by atoms with Gasteiger partial charge < -0.3 is 10.4 Å². The smallest absolute Gasteiger partial charge is 0.354 e. The van der Waals surface area contributed by atoms with Crippen LogP contribution in [0.15, 0.2) is 73.2 Å². The lowest BCUT2D eigenvalue weighted by molar-refractivity contribution is 0.0689. The molecule has 0 bridgehead atoms. The van der Waals surface area contributed by atoms with Crippen molar-refractivity contribution in [2.45, 2.75) is 6.04 Å². The van der Waals surface area contributed by atoms with Crippen LogP contribution in [0.5, 0.6) is 0 Å². The van der Waals surface area contributed by atoms with Crippen LogP contribution in [0.25, 0.3) is 0 Å². The molecule has 3 rings (SSSR count). The summed E-state index contributed by atoms with van der Waals surface area (Å²) in [5.41, 5.74) is 1.94. The molecule has 2 N–H and O–H groups in total. The first-order valence-electron chi connectivity index (χ1n) is 7.60. The predicted molar refractivity (Wildman–Crippen MR) is 91.2 cm³/mol. The zero-order valence-corrected chi connectivity index (χ0v) is 13.2. The number of hydrogen-bond acceptors (Lipinski definition) is 4. The third-order valence-corrected chi connectivity index (χ3v) is 3.67. The number of aromatic carboxylic acids is 1. The number of hydrogen-bond donors (Lipinski definition) is 2. The Balaban J connectivity index is 1.87. The molecule has 3 aromatic rings. The minimum absolute atomic E-state index is 0.108. The molecular weight excluding hydrogens is 318 g/mol. The van der Waals surface area contributed by atoms with E-state index in [1.165, 1.54) is 18.3 Å². The van der Waals surface area contributed by atoms with Crippen molar-refractivity contribution in [1.82, 2.24) is 15.3 Å². The number of carbonyl (C=O) groups is 2. The first kappa shape index (κ1) is 16.3. The van der Waals surface area contributed by atoms with Crippen LogP contribution in [0.3, 0.4) is 0 Å². The van der Waals surface area contributed by atoms with Gasteiger partial charge >= 0.3 is 5.97 Å². The molecule has 0 aliphatic heterocycles. The largest absolute Gasteiger partial charge is 0.477 e. The van der Waals surface area contributed by atoms with E-state index >= 15 is 0 Å². The molecule has 1 aromatic carbocycles. The fraction of sp³-hybridized carbons (Fsp3) is 0.0526. The molecule has 1 atom stereocenters. The summed E-state index contributed by atoms with van der Waals surface area (Å²) in [5.74, 6) is -1.48. The zero-order valence-electron chi connectivity index (χ0n) is 13.2. The SMILES string of the molecule is O=C(NC(c1ccccc1)c1cccnc1)c1ccc(C(=O)O)nc1. The van der Waals surface area contributed by atoms with E-state index in [0.717, 1.165) is 11.1 Å². The second kappa shape index (κ2) is 7.35. The number of rotatable bonds is 5. The van der Waals surface area contributed by atoms with Crippen LogP contribution in [0, 0.1) is 0 Å². The Bertz CT molecular complexity index is 826. The Morgan fingerprint density at radius 2 is 1.68 bits per heavy atom. The van der Waals surface area contributed by atoms with Crippen molar-refractivity contribution in [3.63, 3.8) is 0 Å². The summed E-state index contributed by atoms with van der Waals surface area (Å²) < 4.78 is 0. The van der Waals surface area contributed by atoms with Gasteiger partial charge in [-0.3, -0.25) is 9.78 Å². The van der Waals surface area contributed by atoms with Gasteiger partial charge in [-0.05, 0) is 29.3 Å². The van der Waals surface area contributed by atoms with Gasteiger partial charge in [-0.15, -0.1) is 0 Å². The van der Waals surface area contributed by atoms with Crippen molar-refractivity contribution in [3.8, 4) is 0 Å². The molecule has 0 aliphatic carbocycles. The molecular formula is C19H15N3O3. The lowest BCUT2D eigenvalue weighted by Gasteiger charge is -2.19. The average molecular weight is 333 g/mol. The van der Waals surface area contributed by atoms with Crippen molar-refractivity contribution < 1.29 is 14.7 Å². The van der Waals surface area contributed by atoms with E-state index in [9.17, 15) is 9.59 Å². The number of nitrogens with zero attached hydrogens (tertiary/aromatic N) is 2. The molecule has 2 heterocycles. The minimum atomic E-state index is -1.13. The Labute approximate surface area is 144 Å². The quantitative estimate of drug-likeness (QED) is 0.749. The van der Waals surface area contributed by atoms with Gasteiger partial charge in [-0.25, -0.2) is 9.78 Å². The van der Waals surface area contributed by atoms with E-state index in [4.69, 9.17) is 5.11 Å². The first-order chi connectivity index (χ1) is 12.1. The predicted octanol–water partition coefficient (Wildman–Crippen LogP) is 2.69. The average Bonchev–Trinajstić information content (AvgIpc) is 2.67. The van der Waals surface area contributed by atoms with Crippen LogP contribution in [0.1, 0.15) is 38.0 Å². The number of carboxylic acid groups (broad SMARTS) is 1. The fourth-order valence-corrected chi connectivity index (χ4v) is 2.42. The molecule has 1 unspecified atom stereocenters. The van der Waals surface area contributed by atoms with E-state index in [1.807, 2.05) is 36.4 Å². The zero-order chi connectivity index (χ0) is 17.6. The Hall–Kier alpha value is -3.54. The maximum Gasteiger partial charge on any atom is 0.354 e. The van der Waals surface area contributed by atoms with Gasteiger partial charge in [-0.1, -0.05) is 36.4 Å². The molecule has 0 saturated carbocycles. The molecule has 124 valence electrons. The Morgan fingerprint density at radius 1 is 0.920 bits per heavy atom. The highest BCUT2D eigenvalue weighted by Gasteiger charge is 2.18. The van der Waals surface area contributed by atoms with Gasteiger partial charge in [0, 0.05) is 18.6 Å². The summed E-state index contributed by atoms with van der Waals surface area (Å²) >= 11 is 0. The van der Waals surface area contributed by atoms with Crippen LogP contribution in [0.4, 0.5) is 0 Å². The van der Waals surface area contributed by atoms with Crippen LogP contribution < -0.4 is 5.32 Å². The van der Waals surface area contributed by atoms with E-state index in [1.54, 1.807) is 18.5 Å². The topological polar surface area (TPSA) is 92.2 Å². The van der Waals surface area contributed by atoms with Crippen molar-refractivity contribution in [1.29, 1.82) is 0 Å². The van der Waals surface area contributed by atoms with Gasteiger partial charge in [0.15, 0.2) is 0 Å². The molecule has 0 aliphatic rings. The summed E-state index contributed by atoms with van der Waals surface area (Å²) in [4.78, 5) is 31.3. The third-order valence-electron chi connectivity index (χ3n) is 3.67. The van der Waals surface area contributed by atoms with Crippen LogP contribution in [-0.4, -0.2) is 27.0 Å². The normalized spacial score (nSPS) is 11.5. The number of aromatic nitrogens is 2. The van der Waals surface area contributed by atoms with E-state index in [2.05, 4.69) is 15.3 Å². The highest BCUT2D eigenvalue weighted by molar-refractivity contribution is 5.95. The lowest BCUT2D eigenvalue weighted by Crippen LogP contribution is -2.29. The van der Waals surface area contributed by atoms with Crippen LogP contribution in [0.2, 0.25) is 0 Å². The van der Waals surface area contributed by atoms with E-state index in [0.29, 0.717) is 0 Å². The summed E-state index contributed by atoms with van der Waals surface area (Å²) in [6.45, 7) is 0. The Kier molecular flexibility index (Phi) is 4.80. The van der Waals surface area contributed by atoms with Crippen molar-refractivity contribution >= 4 is 11.9 Å². The molecule has 6 heteroatoms. The first-order valence-corrected chi connectivity index (χ1v) is 7.60. The summed E-state index contributed by atoms with van der Waals surface area (Å²) in [5, 5.41) is 11.8. The maximum absolute atomic E-state index is 12.6. The Morgan fingerprint density at radius 3 is 2.28 bits per heavy atom. The molecule has 25 heavy (non-hydrogen) atoms. The van der Waals surface area contributed by atoms with E-state index in [-0.39, 0.29) is 23.2 Å². The minimum Gasteiger partial charge on any atom is -0.477 e. The molecule has 6 nitrogen and oxygen atoms in total. The van der Waals surface area contributed by atoms with Gasteiger partial charge in [0.2, 0.25) is 0 Å².